The van der Waals surface area contributed by atoms with Crippen molar-refractivity contribution in [2.75, 3.05) is 10.5 Å². The second-order valence-corrected chi connectivity index (χ2v) is 13.0. The van der Waals surface area contributed by atoms with Crippen molar-refractivity contribution in [1.29, 1.82) is 5.26 Å². The van der Waals surface area contributed by atoms with Crippen molar-refractivity contribution in [3.63, 3.8) is 0 Å². The van der Waals surface area contributed by atoms with Crippen molar-refractivity contribution in [3.8, 4) is 6.07 Å². The Labute approximate surface area is 114 Å². The van der Waals surface area contributed by atoms with Gasteiger partial charge in [-0.2, -0.15) is 5.26 Å². The largest absolute Gasteiger partial charge is 0.283 e. The Morgan fingerprint density at radius 3 is 2.47 bits per heavy atom. The van der Waals surface area contributed by atoms with Gasteiger partial charge in [-0.3, -0.25) is 4.72 Å². The van der Waals surface area contributed by atoms with E-state index in [0.29, 0.717) is 6.04 Å². The van der Waals surface area contributed by atoms with Gasteiger partial charge in [0.2, 0.25) is 10.0 Å². The predicted octanol–water partition coefficient (Wildman–Crippen LogP) is 2.78. The number of hydrogen-bond acceptors (Lipinski definition) is 3. The van der Waals surface area contributed by atoms with Crippen LogP contribution < -0.4 is 4.72 Å². The number of rotatable bonds is 5. The average molecular weight is 300 g/mol. The smallest absolute Gasteiger partial charge is 0.232 e. The standard InChI is InChI=1S/C12H17FN2O2SSi/c1-19(2,3)7-6-18(16,17)15-11-5-4-10(9-14)12(13)8-11/h4-5,8,15H,6-7H2,1-3H3. The molecule has 4 nitrogen and oxygen atoms in total. The molecule has 1 rings (SSSR count). The highest BCUT2D eigenvalue weighted by atomic mass is 32.2. The van der Waals surface area contributed by atoms with Crippen LogP contribution in [0.4, 0.5) is 10.1 Å². The summed E-state index contributed by atoms with van der Waals surface area (Å²) in [5, 5.41) is 8.59. The molecule has 0 spiro atoms. The van der Waals surface area contributed by atoms with Gasteiger partial charge in [0.15, 0.2) is 0 Å². The van der Waals surface area contributed by atoms with Crippen molar-refractivity contribution in [1.82, 2.24) is 0 Å². The van der Waals surface area contributed by atoms with E-state index < -0.39 is 23.9 Å². The summed E-state index contributed by atoms with van der Waals surface area (Å²) in [7, 11) is -4.92. The highest BCUT2D eigenvalue weighted by Gasteiger charge is 2.19. The molecule has 0 aliphatic rings. The van der Waals surface area contributed by atoms with E-state index in [4.69, 9.17) is 5.26 Å². The molecule has 0 saturated carbocycles. The summed E-state index contributed by atoms with van der Waals surface area (Å²) in [6.07, 6.45) is 0. The molecule has 0 unspecified atom stereocenters. The molecular weight excluding hydrogens is 283 g/mol. The lowest BCUT2D eigenvalue weighted by Gasteiger charge is -2.16. The SMILES string of the molecule is C[Si](C)(C)CCS(=O)(=O)Nc1ccc(C#N)c(F)c1. The normalized spacial score (nSPS) is 11.9. The molecule has 0 aliphatic heterocycles. The van der Waals surface area contributed by atoms with E-state index in [-0.39, 0.29) is 17.0 Å². The maximum Gasteiger partial charge on any atom is 0.232 e. The van der Waals surface area contributed by atoms with Gasteiger partial charge in [0.05, 0.1) is 17.0 Å². The van der Waals surface area contributed by atoms with Gasteiger partial charge in [0, 0.05) is 8.07 Å². The number of nitriles is 1. The first kappa shape index (κ1) is 15.7. The van der Waals surface area contributed by atoms with E-state index in [1.165, 1.54) is 12.1 Å². The zero-order valence-corrected chi connectivity index (χ0v) is 13.0. The van der Waals surface area contributed by atoms with E-state index in [2.05, 4.69) is 24.4 Å². The van der Waals surface area contributed by atoms with Crippen molar-refractivity contribution in [2.45, 2.75) is 25.7 Å². The van der Waals surface area contributed by atoms with Crippen LogP contribution in [-0.2, 0) is 10.0 Å². The first-order valence-electron chi connectivity index (χ1n) is 5.83. The highest BCUT2D eigenvalue weighted by Crippen LogP contribution is 2.17. The van der Waals surface area contributed by atoms with Crippen LogP contribution >= 0.6 is 0 Å². The monoisotopic (exact) mass is 300 g/mol. The van der Waals surface area contributed by atoms with Crippen molar-refractivity contribution in [3.05, 3.63) is 29.6 Å². The van der Waals surface area contributed by atoms with Gasteiger partial charge in [-0.15, -0.1) is 0 Å². The lowest BCUT2D eigenvalue weighted by Crippen LogP contribution is -2.26. The van der Waals surface area contributed by atoms with Gasteiger partial charge < -0.3 is 0 Å². The fourth-order valence-electron chi connectivity index (χ4n) is 1.34. The maximum atomic E-state index is 13.4. The fraction of sp³-hybridized carbons (Fsp3) is 0.417. The molecule has 1 N–H and O–H groups in total. The average Bonchev–Trinajstić information content (AvgIpc) is 2.25. The molecule has 1 aromatic carbocycles. The topological polar surface area (TPSA) is 70.0 Å². The molecule has 0 amide bonds. The van der Waals surface area contributed by atoms with E-state index in [9.17, 15) is 12.8 Å². The van der Waals surface area contributed by atoms with Crippen LogP contribution in [0, 0.1) is 17.1 Å². The molecule has 0 radical (unpaired) electrons. The first-order valence-corrected chi connectivity index (χ1v) is 11.2. The fourth-order valence-corrected chi connectivity index (χ4v) is 5.45. The number of halogens is 1. The summed E-state index contributed by atoms with van der Waals surface area (Å²) < 4.78 is 39.4. The Morgan fingerprint density at radius 1 is 1.37 bits per heavy atom. The van der Waals surface area contributed by atoms with Crippen molar-refractivity contribution < 1.29 is 12.8 Å². The number of benzene rings is 1. The van der Waals surface area contributed by atoms with Crippen LogP contribution in [0.2, 0.25) is 25.7 Å². The van der Waals surface area contributed by atoms with E-state index >= 15 is 0 Å². The molecule has 0 aromatic heterocycles. The minimum absolute atomic E-state index is 0.0321. The third-order valence-electron chi connectivity index (χ3n) is 2.48. The Hall–Kier alpha value is -1.39. The molecule has 0 saturated heterocycles. The van der Waals surface area contributed by atoms with Gasteiger partial charge in [-0.05, 0) is 24.2 Å². The third-order valence-corrected chi connectivity index (χ3v) is 5.88. The Kier molecular flexibility index (Phi) is 4.71. The van der Waals surface area contributed by atoms with E-state index in [0.717, 1.165) is 6.07 Å². The van der Waals surface area contributed by atoms with Crippen molar-refractivity contribution >= 4 is 23.8 Å². The summed E-state index contributed by atoms with van der Waals surface area (Å²) >= 11 is 0. The molecule has 7 heteroatoms. The zero-order chi connectivity index (χ0) is 14.7. The quantitative estimate of drug-likeness (QED) is 0.850. The summed E-state index contributed by atoms with van der Waals surface area (Å²) in [5.74, 6) is -0.697. The number of hydrogen-bond donors (Lipinski definition) is 1. The highest BCUT2D eigenvalue weighted by molar-refractivity contribution is 7.92. The van der Waals surface area contributed by atoms with Crippen LogP contribution in [0.15, 0.2) is 18.2 Å². The molecule has 104 valence electrons. The van der Waals surface area contributed by atoms with Crippen LogP contribution in [0.25, 0.3) is 0 Å². The Balaban J connectivity index is 2.79. The molecule has 0 bridgehead atoms. The maximum absolute atomic E-state index is 13.4. The second-order valence-electron chi connectivity index (χ2n) is 5.54. The number of sulfonamides is 1. The minimum Gasteiger partial charge on any atom is -0.283 e. The lowest BCUT2D eigenvalue weighted by molar-refractivity contribution is 0.602. The molecule has 0 aliphatic carbocycles. The minimum atomic E-state index is -3.47. The van der Waals surface area contributed by atoms with Crippen molar-refractivity contribution in [2.24, 2.45) is 0 Å². The molecule has 0 heterocycles. The number of nitrogens with zero attached hydrogens (tertiary/aromatic N) is 1. The molecule has 19 heavy (non-hydrogen) atoms. The van der Waals surface area contributed by atoms with Gasteiger partial charge in [-0.1, -0.05) is 19.6 Å². The van der Waals surface area contributed by atoms with Gasteiger partial charge in [0.25, 0.3) is 0 Å². The second kappa shape index (κ2) is 5.71. The Bertz CT molecular complexity index is 603. The zero-order valence-electron chi connectivity index (χ0n) is 11.2. The summed E-state index contributed by atoms with van der Waals surface area (Å²) in [6.45, 7) is 6.26. The first-order chi connectivity index (χ1) is 8.63. The van der Waals surface area contributed by atoms with Gasteiger partial charge >= 0.3 is 0 Å². The summed E-state index contributed by atoms with van der Waals surface area (Å²) in [6, 6.07) is 5.98. The van der Waals surface area contributed by atoms with Gasteiger partial charge in [0.1, 0.15) is 11.9 Å². The van der Waals surface area contributed by atoms with Crippen LogP contribution in [0.5, 0.6) is 0 Å². The Morgan fingerprint density at radius 2 is 2.00 bits per heavy atom. The molecule has 0 fully saturated rings. The van der Waals surface area contributed by atoms with Crippen LogP contribution in [0.1, 0.15) is 5.56 Å². The number of anilines is 1. The van der Waals surface area contributed by atoms with E-state index in [1.54, 1.807) is 6.07 Å². The molecule has 0 atom stereocenters. The van der Waals surface area contributed by atoms with Gasteiger partial charge in [-0.25, -0.2) is 12.8 Å². The molecular formula is C12H17FN2O2SSi. The summed E-state index contributed by atoms with van der Waals surface area (Å²) in [5.41, 5.74) is 0.0390. The predicted molar refractivity (Wildman–Crippen MR) is 76.7 cm³/mol. The van der Waals surface area contributed by atoms with Crippen LogP contribution in [-0.4, -0.2) is 22.2 Å². The summed E-state index contributed by atoms with van der Waals surface area (Å²) in [4.78, 5) is 0. The number of nitrogens with one attached hydrogen (secondary N) is 1. The lowest BCUT2D eigenvalue weighted by atomic mass is 10.2. The third kappa shape index (κ3) is 5.40. The van der Waals surface area contributed by atoms with Crippen LogP contribution in [0.3, 0.4) is 0 Å². The van der Waals surface area contributed by atoms with E-state index in [1.807, 2.05) is 0 Å². The molecule has 1 aromatic rings.